The van der Waals surface area contributed by atoms with Gasteiger partial charge in [0.2, 0.25) is 11.8 Å². The predicted molar refractivity (Wildman–Crippen MR) is 192 cm³/mol. The van der Waals surface area contributed by atoms with Gasteiger partial charge in [0.05, 0.1) is 39.5 Å². The monoisotopic (exact) mass is 734 g/mol. The van der Waals surface area contributed by atoms with E-state index in [2.05, 4.69) is 5.43 Å². The molecule has 4 aliphatic rings. The Kier molecular flexibility index (Phi) is 7.99. The number of hydrogen-bond donors (Lipinski definition) is 2. The number of hydrogen-bond acceptors (Lipinski definition) is 8. The van der Waals surface area contributed by atoms with Gasteiger partial charge in [-0.25, -0.2) is 9.29 Å². The van der Waals surface area contributed by atoms with E-state index in [1.54, 1.807) is 50.2 Å². The Bertz CT molecular complexity index is 2270. The van der Waals surface area contributed by atoms with Gasteiger partial charge in [-0.2, -0.15) is 5.01 Å². The van der Waals surface area contributed by atoms with Gasteiger partial charge in [0.15, 0.2) is 0 Å². The smallest absolute Gasteiger partial charge is 0.271 e. The lowest BCUT2D eigenvalue weighted by Gasteiger charge is -2.50. The molecule has 0 spiro atoms. The van der Waals surface area contributed by atoms with Gasteiger partial charge in [0.1, 0.15) is 11.6 Å². The zero-order valence-electron chi connectivity index (χ0n) is 28.5. The molecule has 11 nitrogen and oxygen atoms in total. The molecule has 0 unspecified atom stereocenters. The number of benzene rings is 4. The number of nitrogens with one attached hydrogen (secondary N) is 1. The Labute approximate surface area is 307 Å². The summed E-state index contributed by atoms with van der Waals surface area (Å²) in [4.78, 5) is 70.6. The highest BCUT2D eigenvalue weighted by atomic mass is 35.5. The number of rotatable bonds is 6. The third-order valence-corrected chi connectivity index (χ3v) is 11.7. The molecule has 2 heterocycles. The molecule has 4 amide bonds. The topological polar surface area (TPSA) is 150 Å². The number of carbonyl (C=O) groups is 4. The third kappa shape index (κ3) is 5.07. The van der Waals surface area contributed by atoms with Crippen molar-refractivity contribution in [2.24, 2.45) is 23.7 Å². The van der Waals surface area contributed by atoms with Crippen LogP contribution in [0, 0.1) is 53.5 Å². The molecule has 8 rings (SSSR count). The van der Waals surface area contributed by atoms with E-state index >= 15 is 4.79 Å². The summed E-state index contributed by atoms with van der Waals surface area (Å²) in [5.41, 5.74) is 4.37. The number of aromatic hydroxyl groups is 1. The molecule has 1 saturated carbocycles. The number of non-ortho nitro benzene ring substituents is 1. The zero-order chi connectivity index (χ0) is 37.5. The zero-order valence-corrected chi connectivity index (χ0v) is 29.2. The van der Waals surface area contributed by atoms with Crippen molar-refractivity contribution in [1.82, 2.24) is 5.01 Å². The number of phenolic OH excluding ortho intramolecular Hbond substituents is 1. The molecule has 0 radical (unpaired) electrons. The second-order valence-corrected chi connectivity index (χ2v) is 14.6. The van der Waals surface area contributed by atoms with Crippen molar-refractivity contribution in [3.63, 3.8) is 0 Å². The van der Waals surface area contributed by atoms with Crippen LogP contribution in [0.15, 0.2) is 96.6 Å². The van der Waals surface area contributed by atoms with E-state index in [9.17, 15) is 34.0 Å². The maximum absolute atomic E-state index is 15.3. The number of nitro groups is 1. The van der Waals surface area contributed by atoms with Crippen LogP contribution in [-0.2, 0) is 24.6 Å². The van der Waals surface area contributed by atoms with Gasteiger partial charge in [-0.05, 0) is 97.3 Å². The Balaban J connectivity index is 1.33. The summed E-state index contributed by atoms with van der Waals surface area (Å²) in [7, 11) is 0. The van der Waals surface area contributed by atoms with E-state index < -0.39 is 69.4 Å². The highest BCUT2D eigenvalue weighted by Crippen LogP contribution is 2.64. The number of nitro benzene ring substituents is 1. The van der Waals surface area contributed by atoms with Gasteiger partial charge < -0.3 is 5.11 Å². The first kappa shape index (κ1) is 34.2. The number of anilines is 2. The largest absolute Gasteiger partial charge is 0.507 e. The van der Waals surface area contributed by atoms with Crippen molar-refractivity contribution in [2.75, 3.05) is 10.3 Å². The number of aryl methyl sites for hydroxylation is 2. The number of fused-ring (bicyclic) bond motifs is 4. The van der Waals surface area contributed by atoms with Crippen LogP contribution in [-0.4, -0.2) is 38.7 Å². The van der Waals surface area contributed by atoms with Crippen LogP contribution in [0.1, 0.15) is 41.0 Å². The molecule has 53 heavy (non-hydrogen) atoms. The van der Waals surface area contributed by atoms with Gasteiger partial charge in [0, 0.05) is 23.1 Å². The summed E-state index contributed by atoms with van der Waals surface area (Å²) in [5, 5.41) is 23.8. The Hall–Kier alpha value is -5.88. The number of hydrazine groups is 1. The second-order valence-electron chi connectivity index (χ2n) is 14.2. The van der Waals surface area contributed by atoms with Crippen molar-refractivity contribution in [1.29, 1.82) is 0 Å². The molecule has 4 aromatic rings. The SMILES string of the molecule is Cc1cc([C@H]2C3=CC[C@@H]4C(=O)N(c5cccc([N+](=O)[O-])c5)C(=O)[C@@H]4[C@@H]3C[C@H]3C(=O)N(Nc4ccc(F)cc4)C(=O)[C@@]23c2ccc(Cl)cc2)cc(C)c1O. The highest BCUT2D eigenvalue weighted by molar-refractivity contribution is 6.30. The molecule has 2 saturated heterocycles. The number of phenols is 1. The number of halogens is 2. The van der Waals surface area contributed by atoms with Gasteiger partial charge in [0.25, 0.3) is 17.5 Å². The Morgan fingerprint density at radius 1 is 0.906 bits per heavy atom. The van der Waals surface area contributed by atoms with Gasteiger partial charge in [-0.3, -0.25) is 34.7 Å². The van der Waals surface area contributed by atoms with Crippen molar-refractivity contribution in [3.05, 3.63) is 140 Å². The minimum atomic E-state index is -1.58. The predicted octanol–water partition coefficient (Wildman–Crippen LogP) is 6.90. The first-order valence-corrected chi connectivity index (χ1v) is 17.5. The number of nitrogens with zero attached hydrogens (tertiary/aromatic N) is 3. The summed E-state index contributed by atoms with van der Waals surface area (Å²) in [6, 6.07) is 20.9. The van der Waals surface area contributed by atoms with Crippen LogP contribution in [0.25, 0.3) is 0 Å². The van der Waals surface area contributed by atoms with Crippen molar-refractivity contribution >= 4 is 52.3 Å². The van der Waals surface area contributed by atoms with E-state index in [-0.39, 0.29) is 30.0 Å². The van der Waals surface area contributed by atoms with Gasteiger partial charge in [-0.1, -0.05) is 53.6 Å². The van der Waals surface area contributed by atoms with E-state index in [0.29, 0.717) is 38.5 Å². The average Bonchev–Trinajstić information content (AvgIpc) is 3.52. The maximum Gasteiger partial charge on any atom is 0.271 e. The van der Waals surface area contributed by atoms with Crippen LogP contribution in [0.4, 0.5) is 21.5 Å². The summed E-state index contributed by atoms with van der Waals surface area (Å²) in [5.74, 6) is -6.90. The molecule has 2 aliphatic carbocycles. The van der Waals surface area contributed by atoms with Crippen LogP contribution in [0.2, 0.25) is 5.02 Å². The maximum atomic E-state index is 15.3. The first-order valence-electron chi connectivity index (χ1n) is 17.1. The van der Waals surface area contributed by atoms with Crippen LogP contribution >= 0.6 is 11.6 Å². The molecular formula is C40H32ClFN4O7. The lowest BCUT2D eigenvalue weighted by Crippen LogP contribution is -2.53. The van der Waals surface area contributed by atoms with Crippen molar-refractivity contribution in [3.8, 4) is 5.75 Å². The van der Waals surface area contributed by atoms with Crippen LogP contribution < -0.4 is 10.3 Å². The van der Waals surface area contributed by atoms with Crippen LogP contribution in [0.5, 0.6) is 5.75 Å². The minimum Gasteiger partial charge on any atom is -0.507 e. The number of imide groups is 2. The van der Waals surface area contributed by atoms with Crippen molar-refractivity contribution in [2.45, 2.75) is 38.0 Å². The number of allylic oxidation sites excluding steroid dienone is 2. The van der Waals surface area contributed by atoms with E-state index in [1.807, 2.05) is 6.08 Å². The first-order chi connectivity index (χ1) is 25.3. The van der Waals surface area contributed by atoms with Gasteiger partial charge >= 0.3 is 0 Å². The van der Waals surface area contributed by atoms with E-state index in [0.717, 1.165) is 9.91 Å². The highest BCUT2D eigenvalue weighted by Gasteiger charge is 2.70. The molecule has 13 heteroatoms. The second kappa shape index (κ2) is 12.4. The molecule has 268 valence electrons. The van der Waals surface area contributed by atoms with E-state index in [1.165, 1.54) is 48.5 Å². The number of amides is 4. The molecule has 2 aliphatic heterocycles. The van der Waals surface area contributed by atoms with E-state index in [4.69, 9.17) is 11.6 Å². The molecular weight excluding hydrogens is 703 g/mol. The summed E-state index contributed by atoms with van der Waals surface area (Å²) >= 11 is 6.35. The fourth-order valence-corrected chi connectivity index (χ4v) is 9.31. The quantitative estimate of drug-likeness (QED) is 0.0941. The standard InChI is InChI=1S/C40H32ClFN4O7/c1-20-16-22(17-21(2)35(20)47)34-29-14-15-30-33(38(50)44(36(30)48)27-4-3-5-28(18-27)46(52)53)31(29)19-32-37(49)45(43-26-12-10-25(42)11-13-26)39(51)40(32,34)23-6-8-24(41)9-7-23/h3-14,16-18,30-34,43,47H,15,19H2,1-2H3/t30-,31+,32-,33-,34-,40+/m0/s1. The lowest BCUT2D eigenvalue weighted by molar-refractivity contribution is -0.384. The van der Waals surface area contributed by atoms with Crippen LogP contribution in [0.3, 0.4) is 0 Å². The third-order valence-electron chi connectivity index (χ3n) is 11.4. The Morgan fingerprint density at radius 2 is 1.58 bits per heavy atom. The molecule has 6 atom stereocenters. The normalized spacial score (nSPS) is 26.3. The summed E-state index contributed by atoms with van der Waals surface area (Å²) in [6.45, 7) is 3.48. The fourth-order valence-electron chi connectivity index (χ4n) is 9.19. The average molecular weight is 735 g/mol. The minimum absolute atomic E-state index is 0.0240. The fraction of sp³-hybridized carbons (Fsp3) is 0.250. The molecule has 3 fully saturated rings. The molecule has 0 aromatic heterocycles. The summed E-state index contributed by atoms with van der Waals surface area (Å²) in [6.07, 6.45) is 2.08. The molecule has 0 bridgehead atoms. The number of carbonyl (C=O) groups excluding carboxylic acids is 4. The van der Waals surface area contributed by atoms with Gasteiger partial charge in [-0.15, -0.1) is 0 Å². The lowest BCUT2D eigenvalue weighted by atomic mass is 9.49. The Morgan fingerprint density at radius 3 is 2.25 bits per heavy atom. The molecule has 4 aromatic carbocycles. The summed E-state index contributed by atoms with van der Waals surface area (Å²) < 4.78 is 13.9. The van der Waals surface area contributed by atoms with Crippen molar-refractivity contribution < 1.29 is 33.6 Å². The molecule has 2 N–H and O–H groups in total.